The molecule has 0 spiro atoms. The Balaban J connectivity index is 2.40. The van der Waals surface area contributed by atoms with Gasteiger partial charge in [-0.05, 0) is 13.5 Å². The van der Waals surface area contributed by atoms with Crippen molar-refractivity contribution >= 4 is 17.2 Å². The number of thiocarbonyl (C=S) groups is 1. The first kappa shape index (κ1) is 10.9. The van der Waals surface area contributed by atoms with Crippen LogP contribution in [0, 0.1) is 0 Å². The highest BCUT2D eigenvalue weighted by molar-refractivity contribution is 7.80. The van der Waals surface area contributed by atoms with Crippen LogP contribution >= 0.6 is 12.2 Å². The number of rotatable bonds is 3. The number of hydrogen-bond donors (Lipinski definition) is 1. The Hall–Kier alpha value is -0.190. The average Bonchev–Trinajstić information content (AvgIpc) is 2.07. The molecule has 1 fully saturated rings. The first-order valence-corrected chi connectivity index (χ1v) is 5.25. The maximum atomic E-state index is 5.52. The molecule has 0 bridgehead atoms. The molecular weight excluding hydrogens is 182 g/mol. The summed E-state index contributed by atoms with van der Waals surface area (Å²) in [4.78, 5) is 5.37. The molecule has 0 aromatic carbocycles. The number of nitrogens with zero attached hydrogens (tertiary/aromatic N) is 2. The second-order valence-corrected chi connectivity index (χ2v) is 4.27. The molecule has 0 aromatic heterocycles. The monoisotopic (exact) mass is 201 g/mol. The van der Waals surface area contributed by atoms with Gasteiger partial charge in [-0.25, -0.2) is 0 Å². The fourth-order valence-electron chi connectivity index (χ4n) is 1.82. The molecule has 1 unspecified atom stereocenters. The van der Waals surface area contributed by atoms with Gasteiger partial charge in [0.2, 0.25) is 0 Å². The minimum atomic E-state index is 0.611. The first-order chi connectivity index (χ1) is 6.13. The lowest BCUT2D eigenvalue weighted by molar-refractivity contribution is 0.105. The van der Waals surface area contributed by atoms with Crippen molar-refractivity contribution in [2.75, 3.05) is 33.2 Å². The molecule has 1 aliphatic heterocycles. The Bertz CT molecular complexity index is 184. The molecule has 0 amide bonds. The van der Waals surface area contributed by atoms with Crippen molar-refractivity contribution in [3.05, 3.63) is 0 Å². The highest BCUT2D eigenvalue weighted by Crippen LogP contribution is 2.09. The predicted molar refractivity (Wildman–Crippen MR) is 59.9 cm³/mol. The van der Waals surface area contributed by atoms with E-state index in [1.54, 1.807) is 0 Å². The summed E-state index contributed by atoms with van der Waals surface area (Å²) in [6, 6.07) is 0.670. The van der Waals surface area contributed by atoms with Gasteiger partial charge in [0.1, 0.15) is 0 Å². The van der Waals surface area contributed by atoms with E-state index in [4.69, 9.17) is 18.0 Å². The SMILES string of the molecule is CCC1CN(CC(N)=S)CCN1C. The Labute approximate surface area is 85.9 Å². The number of nitrogens with two attached hydrogens (primary N) is 1. The molecular formula is C9H19N3S. The van der Waals surface area contributed by atoms with Crippen LogP contribution in [0.4, 0.5) is 0 Å². The zero-order valence-corrected chi connectivity index (χ0v) is 9.31. The zero-order valence-electron chi connectivity index (χ0n) is 8.49. The quantitative estimate of drug-likeness (QED) is 0.666. The molecule has 1 atom stereocenters. The Morgan fingerprint density at radius 2 is 2.23 bits per heavy atom. The van der Waals surface area contributed by atoms with Crippen molar-refractivity contribution in [2.24, 2.45) is 5.73 Å². The molecule has 0 saturated carbocycles. The summed E-state index contributed by atoms with van der Waals surface area (Å²) in [7, 11) is 2.19. The van der Waals surface area contributed by atoms with Crippen molar-refractivity contribution in [3.8, 4) is 0 Å². The molecule has 1 aliphatic rings. The van der Waals surface area contributed by atoms with Crippen LogP contribution in [-0.4, -0.2) is 54.1 Å². The van der Waals surface area contributed by atoms with E-state index >= 15 is 0 Å². The molecule has 0 aromatic rings. The van der Waals surface area contributed by atoms with Crippen molar-refractivity contribution in [3.63, 3.8) is 0 Å². The standard InChI is InChI=1S/C9H19N3S/c1-3-8-6-12(7-9(10)13)5-4-11(8)2/h8H,3-7H2,1-2H3,(H2,10,13). The fourth-order valence-corrected chi connectivity index (χ4v) is 2.00. The minimum absolute atomic E-state index is 0.611. The van der Waals surface area contributed by atoms with E-state index in [9.17, 15) is 0 Å². The normalized spacial score (nSPS) is 26.2. The molecule has 1 rings (SSSR count). The van der Waals surface area contributed by atoms with Crippen LogP contribution in [-0.2, 0) is 0 Å². The summed E-state index contributed by atoms with van der Waals surface area (Å²) in [5, 5.41) is 0. The smallest absolute Gasteiger partial charge is 0.0870 e. The molecule has 3 nitrogen and oxygen atoms in total. The summed E-state index contributed by atoms with van der Waals surface area (Å²) >= 11 is 4.90. The Kier molecular flexibility index (Phi) is 4.09. The van der Waals surface area contributed by atoms with Crippen LogP contribution in [0.1, 0.15) is 13.3 Å². The van der Waals surface area contributed by atoms with Gasteiger partial charge in [0.25, 0.3) is 0 Å². The molecule has 0 radical (unpaired) electrons. The first-order valence-electron chi connectivity index (χ1n) is 4.84. The van der Waals surface area contributed by atoms with E-state index < -0.39 is 0 Å². The molecule has 13 heavy (non-hydrogen) atoms. The van der Waals surface area contributed by atoms with Gasteiger partial charge in [-0.15, -0.1) is 0 Å². The van der Waals surface area contributed by atoms with Crippen LogP contribution in [0.3, 0.4) is 0 Å². The molecule has 0 aliphatic carbocycles. The lowest BCUT2D eigenvalue weighted by Crippen LogP contribution is -2.52. The van der Waals surface area contributed by atoms with Crippen molar-refractivity contribution in [1.82, 2.24) is 9.80 Å². The predicted octanol–water partition coefficient (Wildman–Crippen LogP) is 0.299. The molecule has 1 saturated heterocycles. The maximum Gasteiger partial charge on any atom is 0.0870 e. The fraction of sp³-hybridized carbons (Fsp3) is 0.889. The highest BCUT2D eigenvalue weighted by atomic mass is 32.1. The summed E-state index contributed by atoms with van der Waals surface area (Å²) in [5.41, 5.74) is 5.52. The van der Waals surface area contributed by atoms with Gasteiger partial charge in [-0.1, -0.05) is 19.1 Å². The molecule has 76 valence electrons. The maximum absolute atomic E-state index is 5.52. The van der Waals surface area contributed by atoms with Gasteiger partial charge in [-0.3, -0.25) is 4.90 Å². The number of likely N-dealkylation sites (N-methyl/N-ethyl adjacent to an activating group) is 1. The van der Waals surface area contributed by atoms with E-state index in [2.05, 4.69) is 23.8 Å². The summed E-state index contributed by atoms with van der Waals surface area (Å²) in [6.07, 6.45) is 1.20. The van der Waals surface area contributed by atoms with Crippen molar-refractivity contribution < 1.29 is 0 Å². The topological polar surface area (TPSA) is 32.5 Å². The Morgan fingerprint density at radius 3 is 2.77 bits per heavy atom. The van der Waals surface area contributed by atoms with Gasteiger partial charge < -0.3 is 10.6 Å². The Morgan fingerprint density at radius 1 is 1.54 bits per heavy atom. The molecule has 2 N–H and O–H groups in total. The van der Waals surface area contributed by atoms with Gasteiger partial charge >= 0.3 is 0 Å². The third-order valence-corrected chi connectivity index (χ3v) is 2.84. The van der Waals surface area contributed by atoms with Crippen molar-refractivity contribution in [2.45, 2.75) is 19.4 Å². The van der Waals surface area contributed by atoms with Crippen LogP contribution < -0.4 is 5.73 Å². The van der Waals surface area contributed by atoms with Crippen LogP contribution in [0.2, 0.25) is 0 Å². The van der Waals surface area contributed by atoms with Crippen LogP contribution in [0.15, 0.2) is 0 Å². The number of hydrogen-bond acceptors (Lipinski definition) is 3. The van der Waals surface area contributed by atoms with Gasteiger partial charge in [0, 0.05) is 32.2 Å². The summed E-state index contributed by atoms with van der Waals surface area (Å²) in [6.45, 7) is 6.32. The molecule has 1 heterocycles. The largest absolute Gasteiger partial charge is 0.392 e. The minimum Gasteiger partial charge on any atom is -0.392 e. The second kappa shape index (κ2) is 4.88. The van der Waals surface area contributed by atoms with Crippen LogP contribution in [0.5, 0.6) is 0 Å². The van der Waals surface area contributed by atoms with Gasteiger partial charge in [0.05, 0.1) is 4.99 Å². The van der Waals surface area contributed by atoms with E-state index in [0.29, 0.717) is 11.0 Å². The third kappa shape index (κ3) is 3.21. The number of piperazine rings is 1. The third-order valence-electron chi connectivity index (χ3n) is 2.71. The van der Waals surface area contributed by atoms with E-state index in [0.717, 1.165) is 26.2 Å². The van der Waals surface area contributed by atoms with Crippen LogP contribution in [0.25, 0.3) is 0 Å². The second-order valence-electron chi connectivity index (χ2n) is 3.74. The summed E-state index contributed by atoms with van der Waals surface area (Å²) in [5.74, 6) is 0. The highest BCUT2D eigenvalue weighted by Gasteiger charge is 2.22. The summed E-state index contributed by atoms with van der Waals surface area (Å²) < 4.78 is 0. The van der Waals surface area contributed by atoms with E-state index in [-0.39, 0.29) is 0 Å². The van der Waals surface area contributed by atoms with Gasteiger partial charge in [0.15, 0.2) is 0 Å². The lowest BCUT2D eigenvalue weighted by Gasteiger charge is -2.38. The van der Waals surface area contributed by atoms with Gasteiger partial charge in [-0.2, -0.15) is 0 Å². The van der Waals surface area contributed by atoms with Crippen molar-refractivity contribution in [1.29, 1.82) is 0 Å². The molecule has 4 heteroatoms. The average molecular weight is 201 g/mol. The zero-order chi connectivity index (χ0) is 9.84. The van der Waals surface area contributed by atoms with E-state index in [1.165, 1.54) is 6.42 Å². The van der Waals surface area contributed by atoms with E-state index in [1.807, 2.05) is 0 Å². The lowest BCUT2D eigenvalue weighted by atomic mass is 10.1.